The number of aliphatic hydroxyl groups is 1. The van der Waals surface area contributed by atoms with Crippen molar-refractivity contribution in [1.82, 2.24) is 4.90 Å². The van der Waals surface area contributed by atoms with Gasteiger partial charge in [0.05, 0.1) is 12.6 Å². The summed E-state index contributed by atoms with van der Waals surface area (Å²) in [5.74, 6) is -0.00397. The Balaban J connectivity index is 2.07. The zero-order valence-electron chi connectivity index (χ0n) is 11.6. The molecule has 0 spiro atoms. The first kappa shape index (κ1) is 13.8. The highest BCUT2D eigenvalue weighted by molar-refractivity contribution is 5.92. The van der Waals surface area contributed by atoms with Crippen molar-refractivity contribution in [1.29, 1.82) is 0 Å². The average Bonchev–Trinajstić information content (AvgIpc) is 2.83. The van der Waals surface area contributed by atoms with Crippen LogP contribution in [0.4, 0.5) is 0 Å². The zero-order valence-corrected chi connectivity index (χ0v) is 11.6. The van der Waals surface area contributed by atoms with Crippen molar-refractivity contribution in [3.63, 3.8) is 0 Å². The fraction of sp³-hybridized carbons (Fsp3) is 0.438. The Bertz CT molecular complexity index is 473. The number of hydrogen-bond acceptors (Lipinski definition) is 2. The molecule has 0 radical (unpaired) electrons. The van der Waals surface area contributed by atoms with Gasteiger partial charge in [-0.1, -0.05) is 29.3 Å². The number of nitrogens with zero attached hydrogens (tertiary/aromatic N) is 1. The van der Waals surface area contributed by atoms with Crippen molar-refractivity contribution >= 4 is 12.0 Å². The molecule has 19 heavy (non-hydrogen) atoms. The Morgan fingerprint density at radius 2 is 2.05 bits per heavy atom. The van der Waals surface area contributed by atoms with E-state index in [1.165, 1.54) is 11.1 Å². The van der Waals surface area contributed by atoms with Crippen LogP contribution in [0.2, 0.25) is 0 Å². The Morgan fingerprint density at radius 3 is 2.68 bits per heavy atom. The van der Waals surface area contributed by atoms with Crippen LogP contribution in [-0.4, -0.2) is 35.1 Å². The number of carbonyl (C=O) groups excluding carboxylic acids is 1. The van der Waals surface area contributed by atoms with Crippen molar-refractivity contribution in [3.05, 3.63) is 41.0 Å². The van der Waals surface area contributed by atoms with Gasteiger partial charge >= 0.3 is 0 Å². The third-order valence-corrected chi connectivity index (χ3v) is 3.53. The topological polar surface area (TPSA) is 40.5 Å². The molecule has 2 rings (SSSR count). The van der Waals surface area contributed by atoms with Gasteiger partial charge in [0.1, 0.15) is 0 Å². The Morgan fingerprint density at radius 1 is 1.37 bits per heavy atom. The quantitative estimate of drug-likeness (QED) is 0.846. The molecule has 0 unspecified atom stereocenters. The summed E-state index contributed by atoms with van der Waals surface area (Å²) in [6, 6.07) is 6.23. The van der Waals surface area contributed by atoms with Crippen molar-refractivity contribution in [2.75, 3.05) is 13.2 Å². The molecule has 1 atom stereocenters. The first-order valence-corrected chi connectivity index (χ1v) is 6.78. The average molecular weight is 259 g/mol. The van der Waals surface area contributed by atoms with E-state index in [-0.39, 0.29) is 18.6 Å². The molecule has 102 valence electrons. The summed E-state index contributed by atoms with van der Waals surface area (Å²) in [7, 11) is 0. The minimum atomic E-state index is -0.00397. The lowest BCUT2D eigenvalue weighted by molar-refractivity contribution is -0.127. The lowest BCUT2D eigenvalue weighted by atomic mass is 10.1. The lowest BCUT2D eigenvalue weighted by Crippen LogP contribution is -2.36. The van der Waals surface area contributed by atoms with Gasteiger partial charge in [0.15, 0.2) is 0 Å². The van der Waals surface area contributed by atoms with Gasteiger partial charge in [-0.15, -0.1) is 0 Å². The Hall–Kier alpha value is -1.61. The largest absolute Gasteiger partial charge is 0.394 e. The molecule has 0 bridgehead atoms. The van der Waals surface area contributed by atoms with Gasteiger partial charge in [-0.25, -0.2) is 0 Å². The van der Waals surface area contributed by atoms with Crippen molar-refractivity contribution in [3.8, 4) is 0 Å². The maximum absolute atomic E-state index is 12.1. The van der Waals surface area contributed by atoms with Gasteiger partial charge in [-0.05, 0) is 38.3 Å². The predicted octanol–water partition coefficient (Wildman–Crippen LogP) is 2.30. The molecule has 1 aromatic rings. The van der Waals surface area contributed by atoms with Crippen LogP contribution in [-0.2, 0) is 4.79 Å². The van der Waals surface area contributed by atoms with Gasteiger partial charge in [-0.3, -0.25) is 4.79 Å². The summed E-state index contributed by atoms with van der Waals surface area (Å²) in [5.41, 5.74) is 3.44. The minimum absolute atomic E-state index is 0.00334. The van der Waals surface area contributed by atoms with Crippen LogP contribution in [0.15, 0.2) is 24.3 Å². The van der Waals surface area contributed by atoms with E-state index in [0.717, 1.165) is 24.9 Å². The predicted molar refractivity (Wildman–Crippen MR) is 76.8 cm³/mol. The summed E-state index contributed by atoms with van der Waals surface area (Å²) in [6.45, 7) is 4.91. The molecule has 3 nitrogen and oxygen atoms in total. The number of benzene rings is 1. The number of amides is 1. The number of likely N-dealkylation sites (tertiary alicyclic amines) is 1. The maximum atomic E-state index is 12.1. The molecule has 1 N–H and O–H groups in total. The SMILES string of the molecule is Cc1cc(C)cc(/C=C/C(=O)N2CCC[C@H]2CO)c1. The lowest BCUT2D eigenvalue weighted by Gasteiger charge is -2.21. The molecule has 0 saturated carbocycles. The van der Waals surface area contributed by atoms with E-state index < -0.39 is 0 Å². The van der Waals surface area contributed by atoms with Crippen LogP contribution >= 0.6 is 0 Å². The molecule has 1 saturated heterocycles. The molecule has 1 aliphatic heterocycles. The fourth-order valence-electron chi connectivity index (χ4n) is 2.69. The highest BCUT2D eigenvalue weighted by Crippen LogP contribution is 2.17. The number of aryl methyl sites for hydroxylation is 2. The Labute approximate surface area is 114 Å². The Kier molecular flexibility index (Phi) is 4.38. The third-order valence-electron chi connectivity index (χ3n) is 3.53. The molecule has 1 fully saturated rings. The highest BCUT2D eigenvalue weighted by atomic mass is 16.3. The number of aliphatic hydroxyl groups excluding tert-OH is 1. The number of rotatable bonds is 3. The van der Waals surface area contributed by atoms with E-state index in [2.05, 4.69) is 32.0 Å². The zero-order chi connectivity index (χ0) is 13.8. The molecule has 0 aliphatic carbocycles. The first-order valence-electron chi connectivity index (χ1n) is 6.78. The third kappa shape index (κ3) is 3.44. The summed E-state index contributed by atoms with van der Waals surface area (Å²) >= 11 is 0. The molecule has 1 amide bonds. The second-order valence-electron chi connectivity index (χ2n) is 5.26. The van der Waals surface area contributed by atoms with Crippen molar-refractivity contribution in [2.24, 2.45) is 0 Å². The molecule has 0 aromatic heterocycles. The van der Waals surface area contributed by atoms with Crippen LogP contribution in [0.1, 0.15) is 29.5 Å². The second-order valence-corrected chi connectivity index (χ2v) is 5.26. The monoisotopic (exact) mass is 259 g/mol. The number of hydrogen-bond donors (Lipinski definition) is 1. The fourth-order valence-corrected chi connectivity index (χ4v) is 2.69. The maximum Gasteiger partial charge on any atom is 0.246 e. The normalized spacial score (nSPS) is 19.3. The molecular formula is C16H21NO2. The summed E-state index contributed by atoms with van der Waals surface area (Å²) in [5, 5.41) is 9.23. The molecule has 1 aromatic carbocycles. The smallest absolute Gasteiger partial charge is 0.246 e. The van der Waals surface area contributed by atoms with Crippen molar-refractivity contribution < 1.29 is 9.90 Å². The van der Waals surface area contributed by atoms with E-state index in [0.29, 0.717) is 0 Å². The van der Waals surface area contributed by atoms with Gasteiger partial charge in [0.2, 0.25) is 5.91 Å². The molecule has 1 heterocycles. The van der Waals surface area contributed by atoms with E-state index in [1.807, 2.05) is 6.08 Å². The molecular weight excluding hydrogens is 238 g/mol. The number of carbonyl (C=O) groups is 1. The minimum Gasteiger partial charge on any atom is -0.394 e. The summed E-state index contributed by atoms with van der Waals surface area (Å²) in [6.07, 6.45) is 5.35. The molecule has 3 heteroatoms. The van der Waals surface area contributed by atoms with Crippen LogP contribution in [0.3, 0.4) is 0 Å². The van der Waals surface area contributed by atoms with Gasteiger partial charge in [-0.2, -0.15) is 0 Å². The van der Waals surface area contributed by atoms with E-state index in [4.69, 9.17) is 0 Å². The second kappa shape index (κ2) is 6.02. The van der Waals surface area contributed by atoms with Crippen LogP contribution in [0.25, 0.3) is 6.08 Å². The van der Waals surface area contributed by atoms with E-state index in [9.17, 15) is 9.90 Å². The van der Waals surface area contributed by atoms with Gasteiger partial charge in [0, 0.05) is 12.6 Å². The van der Waals surface area contributed by atoms with Crippen molar-refractivity contribution in [2.45, 2.75) is 32.7 Å². The summed E-state index contributed by atoms with van der Waals surface area (Å²) < 4.78 is 0. The standard InChI is InChI=1S/C16H21NO2/c1-12-8-13(2)10-14(9-12)5-6-16(19)17-7-3-4-15(17)11-18/h5-6,8-10,15,18H,3-4,7,11H2,1-2H3/b6-5+/t15-/m0/s1. The molecule has 1 aliphatic rings. The van der Waals surface area contributed by atoms with E-state index in [1.54, 1.807) is 11.0 Å². The van der Waals surface area contributed by atoms with Gasteiger partial charge in [0.25, 0.3) is 0 Å². The van der Waals surface area contributed by atoms with Crippen LogP contribution in [0.5, 0.6) is 0 Å². The van der Waals surface area contributed by atoms with E-state index >= 15 is 0 Å². The summed E-state index contributed by atoms with van der Waals surface area (Å²) in [4.78, 5) is 13.8. The van der Waals surface area contributed by atoms with Gasteiger partial charge < -0.3 is 10.0 Å². The van der Waals surface area contributed by atoms with Crippen LogP contribution < -0.4 is 0 Å². The van der Waals surface area contributed by atoms with Crippen LogP contribution in [0, 0.1) is 13.8 Å². The highest BCUT2D eigenvalue weighted by Gasteiger charge is 2.26. The first-order chi connectivity index (χ1) is 9.10.